The Hall–Kier alpha value is -3.14. The summed E-state index contributed by atoms with van der Waals surface area (Å²) >= 11 is 1.60. The fourth-order valence-electron chi connectivity index (χ4n) is 3.47. The third-order valence-corrected chi connectivity index (χ3v) is 8.24. The van der Waals surface area contributed by atoms with Crippen LogP contribution in [-0.2, 0) is 16.6 Å². The molecule has 1 aliphatic rings. The zero-order valence-corrected chi connectivity index (χ0v) is 20.3. The molecule has 0 unspecified atom stereocenters. The number of amides is 1. The molecule has 3 aromatic rings. The van der Waals surface area contributed by atoms with Crippen molar-refractivity contribution in [3.63, 3.8) is 0 Å². The van der Waals surface area contributed by atoms with Crippen molar-refractivity contribution in [1.82, 2.24) is 15.2 Å². The maximum atomic E-state index is 13.7. The molecule has 0 aliphatic carbocycles. The number of fused-ring (bicyclic) bond motifs is 1. The van der Waals surface area contributed by atoms with E-state index in [-0.39, 0.29) is 23.2 Å². The van der Waals surface area contributed by atoms with Crippen LogP contribution in [0.4, 0.5) is 4.39 Å². The highest BCUT2D eigenvalue weighted by atomic mass is 32.2. The first-order chi connectivity index (χ1) is 16.2. The number of rotatable bonds is 7. The summed E-state index contributed by atoms with van der Waals surface area (Å²) in [6.45, 7) is 2.07. The number of nitrogens with zero attached hydrogens (tertiary/aromatic N) is 1. The lowest BCUT2D eigenvalue weighted by Crippen LogP contribution is -2.36. The van der Waals surface area contributed by atoms with Crippen LogP contribution in [0.25, 0.3) is 5.70 Å². The first kappa shape index (κ1) is 24.0. The second kappa shape index (κ2) is 10.0. The molecule has 0 saturated carbocycles. The van der Waals surface area contributed by atoms with Gasteiger partial charge in [-0.2, -0.15) is 4.31 Å². The molecule has 176 valence electrons. The number of carbonyl (C=O) groups excluding carboxylic acids is 1. The van der Waals surface area contributed by atoms with E-state index in [9.17, 15) is 17.6 Å². The van der Waals surface area contributed by atoms with E-state index in [1.807, 2.05) is 13.0 Å². The van der Waals surface area contributed by atoms with E-state index in [2.05, 4.69) is 10.9 Å². The zero-order valence-electron chi connectivity index (χ0n) is 18.7. The van der Waals surface area contributed by atoms with Crippen molar-refractivity contribution in [2.45, 2.75) is 23.3 Å². The van der Waals surface area contributed by atoms with Crippen molar-refractivity contribution in [2.24, 2.45) is 0 Å². The summed E-state index contributed by atoms with van der Waals surface area (Å²) in [5.74, 6) is 0.0133. The summed E-state index contributed by atoms with van der Waals surface area (Å²) < 4.78 is 40.5. The van der Waals surface area contributed by atoms with Crippen LogP contribution < -0.4 is 10.9 Å². The molecule has 1 aliphatic heterocycles. The van der Waals surface area contributed by atoms with Gasteiger partial charge in [-0.15, -0.1) is 11.8 Å². The molecule has 0 radical (unpaired) electrons. The van der Waals surface area contributed by atoms with Gasteiger partial charge in [0, 0.05) is 35.4 Å². The Morgan fingerprint density at radius 1 is 1.06 bits per heavy atom. The van der Waals surface area contributed by atoms with Gasteiger partial charge in [-0.1, -0.05) is 29.8 Å². The van der Waals surface area contributed by atoms with Crippen molar-refractivity contribution in [1.29, 1.82) is 0 Å². The molecule has 0 bridgehead atoms. The number of carbonyl (C=O) groups is 1. The largest absolute Gasteiger partial charge is 0.298 e. The van der Waals surface area contributed by atoms with Crippen LogP contribution in [0.15, 0.2) is 82.6 Å². The highest BCUT2D eigenvalue weighted by Crippen LogP contribution is 2.32. The van der Waals surface area contributed by atoms with Crippen LogP contribution >= 0.6 is 11.8 Å². The molecule has 6 nitrogen and oxygen atoms in total. The summed E-state index contributed by atoms with van der Waals surface area (Å²) in [6, 6.07) is 18.0. The normalized spacial score (nSPS) is 13.2. The second-order valence-corrected chi connectivity index (χ2v) is 11.0. The number of hydrogen-bond donors (Lipinski definition) is 2. The van der Waals surface area contributed by atoms with Gasteiger partial charge in [0.1, 0.15) is 5.82 Å². The minimum Gasteiger partial charge on any atom is -0.298 e. The van der Waals surface area contributed by atoms with E-state index < -0.39 is 10.0 Å². The number of halogens is 1. The van der Waals surface area contributed by atoms with Gasteiger partial charge in [0.05, 0.1) is 10.6 Å². The van der Waals surface area contributed by atoms with Crippen molar-refractivity contribution in [2.75, 3.05) is 12.8 Å². The smallest absolute Gasteiger partial charge is 0.269 e. The van der Waals surface area contributed by atoms with Crippen molar-refractivity contribution in [3.8, 4) is 0 Å². The molecular formula is C25H24FN3O3S2. The van der Waals surface area contributed by atoms with Gasteiger partial charge in [-0.3, -0.25) is 15.6 Å². The maximum absolute atomic E-state index is 13.7. The van der Waals surface area contributed by atoms with E-state index in [0.717, 1.165) is 16.0 Å². The van der Waals surface area contributed by atoms with Gasteiger partial charge < -0.3 is 0 Å². The number of hydrogen-bond acceptors (Lipinski definition) is 5. The molecule has 0 atom stereocenters. The fourth-order valence-corrected chi connectivity index (χ4v) is 5.55. The molecule has 34 heavy (non-hydrogen) atoms. The van der Waals surface area contributed by atoms with Gasteiger partial charge >= 0.3 is 0 Å². The van der Waals surface area contributed by atoms with Crippen LogP contribution in [-0.4, -0.2) is 31.4 Å². The number of nitrogens with one attached hydrogen (secondary N) is 2. The Balaban J connectivity index is 1.38. The zero-order chi connectivity index (χ0) is 24.3. The number of benzene rings is 3. The fraction of sp³-hybridized carbons (Fsp3) is 0.160. The van der Waals surface area contributed by atoms with Crippen LogP contribution in [0.3, 0.4) is 0 Å². The van der Waals surface area contributed by atoms with E-state index in [4.69, 9.17) is 0 Å². The van der Waals surface area contributed by atoms with E-state index in [1.54, 1.807) is 66.4 Å². The summed E-state index contributed by atoms with van der Waals surface area (Å²) in [5.41, 5.74) is 9.01. The third kappa shape index (κ3) is 5.32. The van der Waals surface area contributed by atoms with Crippen LogP contribution in [0.2, 0.25) is 0 Å². The van der Waals surface area contributed by atoms with Gasteiger partial charge in [0.15, 0.2) is 0 Å². The first-order valence-corrected chi connectivity index (χ1v) is 13.0. The average Bonchev–Trinajstić information content (AvgIpc) is 2.83. The summed E-state index contributed by atoms with van der Waals surface area (Å²) in [5, 5.41) is 0. The molecule has 9 heteroatoms. The highest BCUT2D eigenvalue weighted by Gasteiger charge is 2.21. The minimum atomic E-state index is -3.62. The molecule has 0 saturated heterocycles. The molecule has 0 fully saturated rings. The molecule has 1 heterocycles. The van der Waals surface area contributed by atoms with Gasteiger partial charge in [-0.25, -0.2) is 12.8 Å². The van der Waals surface area contributed by atoms with E-state index >= 15 is 0 Å². The topological polar surface area (TPSA) is 78.5 Å². The Morgan fingerprint density at radius 2 is 1.76 bits per heavy atom. The van der Waals surface area contributed by atoms with Gasteiger partial charge in [-0.05, 0) is 61.0 Å². The van der Waals surface area contributed by atoms with Crippen molar-refractivity contribution >= 4 is 33.4 Å². The predicted octanol–water partition coefficient (Wildman–Crippen LogP) is 4.34. The lowest BCUT2D eigenvalue weighted by Gasteiger charge is -2.19. The average molecular weight is 498 g/mol. The van der Waals surface area contributed by atoms with Crippen LogP contribution in [0, 0.1) is 12.7 Å². The Morgan fingerprint density at radius 3 is 2.47 bits per heavy atom. The van der Waals surface area contributed by atoms with Gasteiger partial charge in [0.2, 0.25) is 10.0 Å². The quantitative estimate of drug-likeness (QED) is 0.475. The van der Waals surface area contributed by atoms with Crippen LogP contribution in [0.5, 0.6) is 0 Å². The Labute approximate surface area is 202 Å². The third-order valence-electron chi connectivity index (χ3n) is 5.42. The predicted molar refractivity (Wildman–Crippen MR) is 132 cm³/mol. The molecular weight excluding hydrogens is 473 g/mol. The number of sulfonamides is 1. The molecule has 0 aromatic heterocycles. The second-order valence-electron chi connectivity index (χ2n) is 7.92. The molecule has 1 amide bonds. The number of aryl methyl sites for hydroxylation is 1. The van der Waals surface area contributed by atoms with Crippen molar-refractivity contribution < 1.29 is 17.6 Å². The Kier molecular flexibility index (Phi) is 7.06. The highest BCUT2D eigenvalue weighted by molar-refractivity contribution is 7.99. The molecule has 4 rings (SSSR count). The monoisotopic (exact) mass is 497 g/mol. The lowest BCUT2D eigenvalue weighted by atomic mass is 10.1. The summed E-state index contributed by atoms with van der Waals surface area (Å²) in [7, 11) is -2.10. The maximum Gasteiger partial charge on any atom is 0.269 e. The lowest BCUT2D eigenvalue weighted by molar-refractivity contribution is 0.0942. The molecule has 0 spiro atoms. The molecule has 3 aromatic carbocycles. The standard InChI is InChI=1S/C25H24FN3O3S2/c1-17-3-10-21(11-4-17)34(31,32)29(2)16-18-5-7-19(8-6-18)25(30)28-27-23-13-14-33-24-12-9-20(26)15-22(23)24/h3-13,15,27H,14,16H2,1-2H3,(H,28,30). The summed E-state index contributed by atoms with van der Waals surface area (Å²) in [4.78, 5) is 13.8. The van der Waals surface area contributed by atoms with Gasteiger partial charge in [0.25, 0.3) is 5.91 Å². The number of thioether (sulfide) groups is 1. The first-order valence-electron chi connectivity index (χ1n) is 10.6. The summed E-state index contributed by atoms with van der Waals surface area (Å²) in [6.07, 6.45) is 1.89. The molecule has 2 N–H and O–H groups in total. The minimum absolute atomic E-state index is 0.170. The van der Waals surface area contributed by atoms with E-state index in [0.29, 0.717) is 22.6 Å². The van der Waals surface area contributed by atoms with Crippen molar-refractivity contribution in [3.05, 3.63) is 101 Å². The number of hydrazine groups is 1. The van der Waals surface area contributed by atoms with Crippen LogP contribution in [0.1, 0.15) is 27.0 Å². The van der Waals surface area contributed by atoms with E-state index in [1.165, 1.54) is 23.5 Å². The Bertz CT molecular complexity index is 1340. The SMILES string of the molecule is Cc1ccc(S(=O)(=O)N(C)Cc2ccc(C(=O)NNC3=CCSc4ccc(F)cc43)cc2)cc1.